The maximum Gasteiger partial charge on any atom is 0.238 e. The number of anilines is 1. The number of hydrogen-bond acceptors (Lipinski definition) is 4. The van der Waals surface area contributed by atoms with Gasteiger partial charge < -0.3 is 5.32 Å². The molecule has 33 heavy (non-hydrogen) atoms. The first kappa shape index (κ1) is 22.2. The van der Waals surface area contributed by atoms with E-state index in [1.54, 1.807) is 24.3 Å². The molecule has 3 aromatic carbocycles. The van der Waals surface area contributed by atoms with Crippen molar-refractivity contribution in [1.82, 2.24) is 14.7 Å². The zero-order chi connectivity index (χ0) is 23.2. The number of likely N-dealkylation sites (N-methyl/N-ethyl adjacent to an activating group) is 1. The molecule has 0 saturated heterocycles. The highest BCUT2D eigenvalue weighted by atomic mass is 16.2. The number of carbonyl (C=O) groups excluding carboxylic acids is 2. The Kier molecular flexibility index (Phi) is 6.76. The number of benzene rings is 3. The van der Waals surface area contributed by atoms with Crippen LogP contribution in [0.3, 0.4) is 0 Å². The SMILES string of the molecule is CC(=O)c1cccc(NC(=O)CN(C)Cc2cn(-c3ccccc3)nc2-c2ccccc2)c1. The van der Waals surface area contributed by atoms with E-state index < -0.39 is 0 Å². The lowest BCUT2D eigenvalue weighted by Crippen LogP contribution is -2.30. The van der Waals surface area contributed by atoms with Crippen LogP contribution in [-0.2, 0) is 11.3 Å². The van der Waals surface area contributed by atoms with Gasteiger partial charge in [0.1, 0.15) is 0 Å². The summed E-state index contributed by atoms with van der Waals surface area (Å²) in [5.41, 5.74) is 5.11. The fourth-order valence-electron chi connectivity index (χ4n) is 3.69. The summed E-state index contributed by atoms with van der Waals surface area (Å²) in [6.07, 6.45) is 2.02. The molecule has 0 aliphatic heterocycles. The Labute approximate surface area is 193 Å². The second-order valence-electron chi connectivity index (χ2n) is 8.01. The summed E-state index contributed by atoms with van der Waals surface area (Å²) < 4.78 is 1.87. The molecule has 166 valence electrons. The molecule has 6 nitrogen and oxygen atoms in total. The predicted octanol–water partition coefficient (Wildman–Crippen LogP) is 4.81. The highest BCUT2D eigenvalue weighted by Crippen LogP contribution is 2.24. The van der Waals surface area contributed by atoms with Crippen LogP contribution in [0.25, 0.3) is 16.9 Å². The number of amides is 1. The van der Waals surface area contributed by atoms with Crippen LogP contribution in [0, 0.1) is 0 Å². The molecule has 1 N–H and O–H groups in total. The summed E-state index contributed by atoms with van der Waals surface area (Å²) in [4.78, 5) is 26.2. The van der Waals surface area contributed by atoms with Gasteiger partial charge in [-0.15, -0.1) is 0 Å². The standard InChI is InChI=1S/C27H26N4O2/c1-20(32)22-12-9-13-24(16-22)28-26(33)19-30(2)17-23-18-31(25-14-7-4-8-15-25)29-27(23)21-10-5-3-6-11-21/h3-16,18H,17,19H2,1-2H3,(H,28,33). The van der Waals surface area contributed by atoms with Gasteiger partial charge in [0.2, 0.25) is 5.91 Å². The second-order valence-corrected chi connectivity index (χ2v) is 8.01. The Bertz CT molecular complexity index is 1250. The topological polar surface area (TPSA) is 67.2 Å². The lowest BCUT2D eigenvalue weighted by atomic mass is 10.1. The normalized spacial score (nSPS) is 10.9. The number of rotatable bonds is 8. The smallest absolute Gasteiger partial charge is 0.238 e. The van der Waals surface area contributed by atoms with E-state index in [2.05, 4.69) is 5.32 Å². The van der Waals surface area contributed by atoms with Gasteiger partial charge in [-0.2, -0.15) is 5.10 Å². The fraction of sp³-hybridized carbons (Fsp3) is 0.148. The minimum absolute atomic E-state index is 0.0351. The number of nitrogens with zero attached hydrogens (tertiary/aromatic N) is 3. The molecule has 0 atom stereocenters. The molecule has 1 aromatic heterocycles. The quantitative estimate of drug-likeness (QED) is 0.401. The molecule has 0 spiro atoms. The third kappa shape index (κ3) is 5.61. The average molecular weight is 439 g/mol. The molecule has 4 aromatic rings. The Balaban J connectivity index is 1.50. The third-order valence-electron chi connectivity index (χ3n) is 5.26. The lowest BCUT2D eigenvalue weighted by Gasteiger charge is -2.16. The number of Topliss-reactive ketones (excluding diaryl/α,β-unsaturated/α-hetero) is 1. The Morgan fingerprint density at radius 3 is 2.33 bits per heavy atom. The minimum Gasteiger partial charge on any atom is -0.325 e. The second kappa shape index (κ2) is 10.1. The number of aromatic nitrogens is 2. The van der Waals surface area contributed by atoms with Gasteiger partial charge in [0.25, 0.3) is 0 Å². The zero-order valence-electron chi connectivity index (χ0n) is 18.7. The monoisotopic (exact) mass is 438 g/mol. The summed E-state index contributed by atoms with van der Waals surface area (Å²) >= 11 is 0. The van der Waals surface area contributed by atoms with Gasteiger partial charge in [-0.05, 0) is 38.2 Å². The highest BCUT2D eigenvalue weighted by molar-refractivity contribution is 5.97. The molecule has 0 bridgehead atoms. The van der Waals surface area contributed by atoms with Crippen molar-refractivity contribution in [1.29, 1.82) is 0 Å². The Morgan fingerprint density at radius 1 is 0.939 bits per heavy atom. The first-order valence-electron chi connectivity index (χ1n) is 10.8. The van der Waals surface area contributed by atoms with Crippen LogP contribution in [0.1, 0.15) is 22.8 Å². The number of ketones is 1. The van der Waals surface area contributed by atoms with Gasteiger partial charge in [-0.1, -0.05) is 60.7 Å². The number of carbonyl (C=O) groups is 2. The largest absolute Gasteiger partial charge is 0.325 e. The van der Waals surface area contributed by atoms with Crippen LogP contribution in [0.5, 0.6) is 0 Å². The molecular weight excluding hydrogens is 412 g/mol. The molecular formula is C27H26N4O2. The van der Waals surface area contributed by atoms with E-state index in [9.17, 15) is 9.59 Å². The first-order valence-corrected chi connectivity index (χ1v) is 10.8. The summed E-state index contributed by atoms with van der Waals surface area (Å²) in [7, 11) is 1.90. The van der Waals surface area contributed by atoms with Crippen molar-refractivity contribution in [2.75, 3.05) is 18.9 Å². The summed E-state index contributed by atoms with van der Waals surface area (Å²) in [6, 6.07) is 27.0. The maximum absolute atomic E-state index is 12.6. The molecule has 1 amide bonds. The van der Waals surface area contributed by atoms with E-state index >= 15 is 0 Å². The van der Waals surface area contributed by atoms with Crippen LogP contribution in [0.4, 0.5) is 5.69 Å². The summed E-state index contributed by atoms with van der Waals surface area (Å²) in [5.74, 6) is -0.179. The molecule has 0 fully saturated rings. The molecule has 0 unspecified atom stereocenters. The molecule has 0 saturated carbocycles. The van der Waals surface area contributed by atoms with Gasteiger partial charge in [-0.3, -0.25) is 14.5 Å². The maximum atomic E-state index is 12.6. The van der Waals surface area contributed by atoms with E-state index in [-0.39, 0.29) is 18.2 Å². The average Bonchev–Trinajstić information content (AvgIpc) is 3.24. The molecule has 6 heteroatoms. The molecule has 0 aliphatic carbocycles. The van der Waals surface area contributed by atoms with Crippen LogP contribution < -0.4 is 5.32 Å². The van der Waals surface area contributed by atoms with Gasteiger partial charge >= 0.3 is 0 Å². The Hall–Kier alpha value is -4.03. The number of hydrogen-bond donors (Lipinski definition) is 1. The van der Waals surface area contributed by atoms with Crippen molar-refractivity contribution in [3.63, 3.8) is 0 Å². The van der Waals surface area contributed by atoms with E-state index in [1.807, 2.05) is 83.5 Å². The highest BCUT2D eigenvalue weighted by Gasteiger charge is 2.16. The van der Waals surface area contributed by atoms with Gasteiger partial charge in [-0.25, -0.2) is 4.68 Å². The third-order valence-corrected chi connectivity index (χ3v) is 5.26. The molecule has 1 heterocycles. The molecule has 0 aliphatic rings. The zero-order valence-corrected chi connectivity index (χ0v) is 18.7. The van der Waals surface area contributed by atoms with Crippen molar-refractivity contribution in [2.24, 2.45) is 0 Å². The van der Waals surface area contributed by atoms with Crippen LogP contribution >= 0.6 is 0 Å². The minimum atomic E-state index is -0.144. The van der Waals surface area contributed by atoms with Crippen LogP contribution in [-0.4, -0.2) is 40.0 Å². The van der Waals surface area contributed by atoms with Crippen molar-refractivity contribution in [2.45, 2.75) is 13.5 Å². The van der Waals surface area contributed by atoms with E-state index in [0.29, 0.717) is 17.8 Å². The molecule has 0 radical (unpaired) electrons. The van der Waals surface area contributed by atoms with E-state index in [0.717, 1.165) is 22.5 Å². The molecule has 4 rings (SSSR count). The van der Waals surface area contributed by atoms with Crippen LogP contribution in [0.15, 0.2) is 91.1 Å². The number of para-hydroxylation sites is 1. The lowest BCUT2D eigenvalue weighted by molar-refractivity contribution is -0.117. The van der Waals surface area contributed by atoms with E-state index in [4.69, 9.17) is 5.10 Å². The van der Waals surface area contributed by atoms with Gasteiger partial charge in [0.05, 0.1) is 17.9 Å². The fourth-order valence-corrected chi connectivity index (χ4v) is 3.69. The number of nitrogens with one attached hydrogen (secondary N) is 1. The summed E-state index contributed by atoms with van der Waals surface area (Å²) in [6.45, 7) is 2.27. The van der Waals surface area contributed by atoms with E-state index in [1.165, 1.54) is 6.92 Å². The van der Waals surface area contributed by atoms with Gasteiger partial charge in [0.15, 0.2) is 5.78 Å². The van der Waals surface area contributed by atoms with Gasteiger partial charge in [0, 0.05) is 35.1 Å². The summed E-state index contributed by atoms with van der Waals surface area (Å²) in [5, 5.41) is 7.71. The predicted molar refractivity (Wildman–Crippen MR) is 130 cm³/mol. The first-order chi connectivity index (χ1) is 16.0. The van der Waals surface area contributed by atoms with Crippen LogP contribution in [0.2, 0.25) is 0 Å². The van der Waals surface area contributed by atoms with Crippen molar-refractivity contribution in [3.8, 4) is 16.9 Å². The van der Waals surface area contributed by atoms with Crippen molar-refractivity contribution in [3.05, 3.63) is 102 Å². The van der Waals surface area contributed by atoms with Crippen molar-refractivity contribution < 1.29 is 9.59 Å². The Morgan fingerprint density at radius 2 is 1.64 bits per heavy atom. The van der Waals surface area contributed by atoms with Crippen molar-refractivity contribution >= 4 is 17.4 Å².